The number of benzene rings is 1. The summed E-state index contributed by atoms with van der Waals surface area (Å²) >= 11 is 0. The van der Waals surface area contributed by atoms with Crippen LogP contribution < -0.4 is 82.1 Å². The van der Waals surface area contributed by atoms with Gasteiger partial charge in [-0.25, -0.2) is 15.5 Å². The fourth-order valence-corrected chi connectivity index (χ4v) is 11.1. The maximum atomic E-state index is 15.0. The number of amides is 11. The summed E-state index contributed by atoms with van der Waals surface area (Å²) in [5, 5.41) is 37.9. The van der Waals surface area contributed by atoms with Crippen LogP contribution in [0.3, 0.4) is 0 Å². The summed E-state index contributed by atoms with van der Waals surface area (Å²) in [5.74, 6) is -13.7. The van der Waals surface area contributed by atoms with Crippen LogP contribution in [0, 0.1) is 29.1 Å². The number of primary amides is 4. The molecule has 0 bridgehead atoms. The number of hydrazine groups is 1. The molecule has 0 saturated heterocycles. The second kappa shape index (κ2) is 40.2. The maximum Gasteiger partial charge on any atom is 0.243 e. The summed E-state index contributed by atoms with van der Waals surface area (Å²) < 4.78 is 1.70. The van der Waals surface area contributed by atoms with Gasteiger partial charge in [-0.2, -0.15) is 0 Å². The van der Waals surface area contributed by atoms with Crippen molar-refractivity contribution < 1.29 is 62.3 Å². The molecule has 2 unspecified atom stereocenters. The molecule has 0 spiro atoms. The molecule has 2 aromatic heterocycles. The molecule has 536 valence electrons. The minimum absolute atomic E-state index is 0.00775. The Morgan fingerprint density at radius 3 is 1.88 bits per heavy atom. The van der Waals surface area contributed by atoms with Crippen molar-refractivity contribution >= 4 is 93.4 Å². The highest BCUT2D eigenvalue weighted by Gasteiger charge is 2.38. The van der Waals surface area contributed by atoms with Gasteiger partial charge in [0.05, 0.1) is 42.9 Å². The minimum Gasteiger partial charge on any atom is -0.370 e. The van der Waals surface area contributed by atoms with Crippen LogP contribution in [0.25, 0.3) is 10.9 Å². The molecule has 97 heavy (non-hydrogen) atoms. The number of guanidine groups is 1. The van der Waals surface area contributed by atoms with E-state index >= 15 is 4.79 Å². The number of nitrogens with zero attached hydrogens (tertiary/aromatic N) is 3. The minimum atomic E-state index is -1.59. The lowest BCUT2D eigenvalue weighted by Gasteiger charge is -2.29. The molecule has 1 aliphatic rings. The van der Waals surface area contributed by atoms with E-state index < -0.39 is 156 Å². The van der Waals surface area contributed by atoms with Gasteiger partial charge < -0.3 is 76.2 Å². The van der Waals surface area contributed by atoms with Gasteiger partial charge in [-0.15, -0.1) is 5.10 Å². The number of ketones is 2. The molecule has 0 saturated carbocycles. The van der Waals surface area contributed by atoms with Gasteiger partial charge in [-0.3, -0.25) is 67.7 Å². The maximum absolute atomic E-state index is 15.0. The van der Waals surface area contributed by atoms with E-state index in [0.29, 0.717) is 67.2 Å². The first-order valence-corrected chi connectivity index (χ1v) is 33.2. The van der Waals surface area contributed by atoms with Gasteiger partial charge in [-0.05, 0) is 100 Å². The van der Waals surface area contributed by atoms with Crippen LogP contribution in [0.1, 0.15) is 162 Å². The van der Waals surface area contributed by atoms with Crippen LogP contribution in [-0.4, -0.2) is 163 Å². The molecular weight excluding hydrogens is 1260 g/mol. The van der Waals surface area contributed by atoms with Gasteiger partial charge in [0.15, 0.2) is 5.96 Å². The number of aromatic nitrogens is 4. The van der Waals surface area contributed by atoms with E-state index in [0.717, 1.165) is 0 Å². The summed E-state index contributed by atoms with van der Waals surface area (Å²) in [6.45, 7) is 12.8. The monoisotopic (exact) mass is 1360 g/mol. The Bertz CT molecular complexity index is 3220. The Balaban J connectivity index is 1.83. The SMILES string of the molecule is CC(C)CC1NC(=O)[C@H](CC(N)=O)NC(=O)[C@H](C)CCCCCCn2nncc2CCC[C@@H](C(=O)N[C@@H](CCC(N)=O)C(=O)N[C@@H](CC(N)=O)C(N)=O)NN[C@@H](CC(C)C)C(=O)C(=O)[C@H](CC(C)C)NC(=O)C(CCCNC(=N)N)NC(=O)[C@H](Cc2c[nH]c3ccccc23)NC1=O. The average molecular weight is 1360 g/mol. The molecule has 0 aliphatic carbocycles. The number of carbonyl (C=O) groups excluding carboxylic acids is 13. The van der Waals surface area contributed by atoms with Gasteiger partial charge in [0.25, 0.3) is 0 Å². The van der Waals surface area contributed by atoms with Crippen molar-refractivity contribution in [1.29, 1.82) is 5.41 Å². The number of hydrogen-bond acceptors (Lipinski definition) is 18. The molecule has 1 aromatic carbocycles. The lowest BCUT2D eigenvalue weighted by atomic mass is 9.92. The average Bonchev–Trinajstić information content (AvgIpc) is 2.13. The second-order valence-electron chi connectivity index (χ2n) is 26.2. The molecule has 3 aromatic rings. The third-order valence-electron chi connectivity index (χ3n) is 16.3. The van der Waals surface area contributed by atoms with Crippen molar-refractivity contribution in [3.05, 3.63) is 47.9 Å². The molecule has 33 nitrogen and oxygen atoms in total. The normalized spacial score (nSPS) is 22.2. The number of aromatic amines is 1. The first kappa shape index (κ1) is 80.0. The van der Waals surface area contributed by atoms with Gasteiger partial charge >= 0.3 is 0 Å². The highest BCUT2D eigenvalue weighted by Crippen LogP contribution is 2.21. The fraction of sp³-hybridized carbons (Fsp3) is 0.625. The van der Waals surface area contributed by atoms with Crippen LogP contribution in [0.15, 0.2) is 36.7 Å². The zero-order chi connectivity index (χ0) is 72.1. The van der Waals surface area contributed by atoms with Crippen LogP contribution in [0.2, 0.25) is 0 Å². The summed E-state index contributed by atoms with van der Waals surface area (Å²) in [6, 6.07) is -5.95. The van der Waals surface area contributed by atoms with Crippen LogP contribution in [-0.2, 0) is 81.7 Å². The Morgan fingerprint density at radius 1 is 0.639 bits per heavy atom. The number of fused-ring (bicyclic) bond motifs is 2. The van der Waals surface area contributed by atoms with Gasteiger partial charge in [0.2, 0.25) is 76.5 Å². The molecule has 0 radical (unpaired) electrons. The van der Waals surface area contributed by atoms with E-state index in [-0.39, 0.29) is 88.0 Å². The lowest BCUT2D eigenvalue weighted by molar-refractivity contribution is -0.141. The standard InChI is InChI=1S/C64H102N20O13/c1-34(2)26-45-54(88)55(89)46(27-35(3)4)82-81-44(60(94)75-43(22-23-51(65)85)59(93)77-47(56(68)90)30-52(66)86)20-14-17-39-33-73-83-84(39)25-13-9-8-10-16-37(7)57(91)78-50(31-53(67)87)63(97)79-48(28-36(5)6)61(95)80-49(29-38-32-72-41-19-12-11-18-40(38)41)62(96)74-42(58(92)76-45)21-15-24-71-64(69)70/h11-12,18-19,32-37,42-50,72,81-82H,8-10,13-17,20-31H2,1-7H3,(H2,65,85)(H2,66,86)(H2,67,87)(H2,68,90)(H,74,96)(H,75,94)(H,76,92)(H,77,93)(H,78,91)(H,79,97)(H,80,95)(H4,69,70,71)/t37-,42?,43+,44+,45+,46+,47+,48?,49+,50+/m1/s1. The van der Waals surface area contributed by atoms with Crippen molar-refractivity contribution in [2.45, 2.75) is 225 Å². The highest BCUT2D eigenvalue weighted by atomic mass is 16.2. The van der Waals surface area contributed by atoms with Crippen LogP contribution in [0.5, 0.6) is 0 Å². The third kappa shape index (κ3) is 28.1. The van der Waals surface area contributed by atoms with Crippen molar-refractivity contribution in [2.24, 2.45) is 52.3 Å². The van der Waals surface area contributed by atoms with E-state index in [1.807, 2.05) is 6.07 Å². The Labute approximate surface area is 564 Å². The zero-order valence-electron chi connectivity index (χ0n) is 56.6. The molecule has 0 fully saturated rings. The number of H-pyrrole nitrogens is 1. The van der Waals surface area contributed by atoms with Crippen LogP contribution in [0.4, 0.5) is 0 Å². The smallest absolute Gasteiger partial charge is 0.243 e. The molecule has 33 heteroatoms. The Hall–Kier alpha value is -9.40. The van der Waals surface area contributed by atoms with Crippen molar-refractivity contribution in [3.63, 3.8) is 0 Å². The Morgan fingerprint density at radius 2 is 1.23 bits per heavy atom. The van der Waals surface area contributed by atoms with Crippen molar-refractivity contribution in [2.75, 3.05) is 6.54 Å². The van der Waals surface area contributed by atoms with Gasteiger partial charge in [0, 0.05) is 48.9 Å². The summed E-state index contributed by atoms with van der Waals surface area (Å²) in [7, 11) is 0. The molecule has 10 atom stereocenters. The second-order valence-corrected chi connectivity index (χ2v) is 26.2. The first-order valence-electron chi connectivity index (χ1n) is 33.2. The summed E-state index contributed by atoms with van der Waals surface area (Å²) in [5.41, 5.74) is 35.2. The van der Waals surface area contributed by atoms with Gasteiger partial charge in [-0.1, -0.05) is 91.1 Å². The summed E-state index contributed by atoms with van der Waals surface area (Å²) in [4.78, 5) is 182. The van der Waals surface area contributed by atoms with E-state index in [4.69, 9.17) is 34.1 Å². The molecule has 22 N–H and O–H groups in total. The lowest BCUT2D eigenvalue weighted by Crippen LogP contribution is -2.61. The Kier molecular flexibility index (Phi) is 33.2. The molecule has 11 amide bonds. The quantitative estimate of drug-likeness (QED) is 0.0203. The van der Waals surface area contributed by atoms with Gasteiger partial charge in [0.1, 0.15) is 36.3 Å². The summed E-state index contributed by atoms with van der Waals surface area (Å²) in [6.07, 6.45) is 4.40. The number of aryl methyl sites for hydroxylation is 2. The van der Waals surface area contributed by atoms with Crippen molar-refractivity contribution in [1.82, 2.24) is 73.4 Å². The third-order valence-corrected chi connectivity index (χ3v) is 16.3. The van der Waals surface area contributed by atoms with Crippen molar-refractivity contribution in [3.8, 4) is 0 Å². The predicted octanol–water partition coefficient (Wildman–Crippen LogP) is -1.81. The highest BCUT2D eigenvalue weighted by molar-refractivity contribution is 6.41. The number of nitrogens with one attached hydrogen (secondary N) is 12. The number of hydrogen-bond donors (Lipinski definition) is 17. The molecular formula is C64H102N20O13. The van der Waals surface area contributed by atoms with E-state index in [1.54, 1.807) is 83.7 Å². The molecule has 3 heterocycles. The van der Waals surface area contributed by atoms with Crippen LogP contribution >= 0.6 is 0 Å². The largest absolute Gasteiger partial charge is 0.370 e. The number of nitrogens with two attached hydrogens (primary N) is 5. The number of Topliss-reactive ketones (excluding diaryl/α,β-unsaturated/α-hetero) is 2. The predicted molar refractivity (Wildman–Crippen MR) is 357 cm³/mol. The van der Waals surface area contributed by atoms with E-state index in [1.165, 1.54) is 0 Å². The topological polar surface area (TPSA) is 543 Å². The zero-order valence-corrected chi connectivity index (χ0v) is 56.6. The molecule has 1 aliphatic heterocycles. The fourth-order valence-electron chi connectivity index (χ4n) is 11.1. The first-order chi connectivity index (χ1) is 45.8. The number of carbonyl (C=O) groups is 13. The van der Waals surface area contributed by atoms with E-state index in [2.05, 4.69) is 68.7 Å². The van der Waals surface area contributed by atoms with E-state index in [9.17, 15) is 57.5 Å². The number of rotatable bonds is 24. The number of para-hydroxylation sites is 1. The molecule has 4 rings (SSSR count).